The molecule has 0 spiro atoms. The van der Waals surface area contributed by atoms with Crippen LogP contribution in [0.2, 0.25) is 0 Å². The zero-order chi connectivity index (χ0) is 13.8. The highest BCUT2D eigenvalue weighted by Gasteiger charge is 2.02. The molecule has 2 aromatic heterocycles. The Labute approximate surface area is 124 Å². The number of rotatable bonds is 5. The van der Waals surface area contributed by atoms with Crippen molar-refractivity contribution < 1.29 is 0 Å². The molecule has 102 valence electrons. The molecule has 0 aromatic carbocycles. The molecule has 2 heterocycles. The highest BCUT2D eigenvalue weighted by molar-refractivity contribution is 9.10. The molecule has 0 aliphatic carbocycles. The Morgan fingerprint density at radius 2 is 2.21 bits per heavy atom. The van der Waals surface area contributed by atoms with Gasteiger partial charge in [0.1, 0.15) is 5.82 Å². The van der Waals surface area contributed by atoms with Crippen LogP contribution in [0.25, 0.3) is 0 Å². The smallest absolute Gasteiger partial charge is 0.253 e. The van der Waals surface area contributed by atoms with Crippen LogP contribution in [0.4, 0.5) is 0 Å². The summed E-state index contributed by atoms with van der Waals surface area (Å²) in [5.74, 6) is 0.769. The van der Waals surface area contributed by atoms with Gasteiger partial charge in [-0.1, -0.05) is 0 Å². The second-order valence-corrected chi connectivity index (χ2v) is 6.25. The molecule has 0 fully saturated rings. The van der Waals surface area contributed by atoms with Gasteiger partial charge in [0.25, 0.3) is 5.56 Å². The van der Waals surface area contributed by atoms with Crippen molar-refractivity contribution >= 4 is 27.3 Å². The third-order valence-electron chi connectivity index (χ3n) is 2.76. The number of aromatic nitrogens is 2. The molecule has 0 saturated heterocycles. The van der Waals surface area contributed by atoms with E-state index in [0.29, 0.717) is 6.54 Å². The van der Waals surface area contributed by atoms with Gasteiger partial charge < -0.3 is 5.32 Å². The van der Waals surface area contributed by atoms with E-state index in [9.17, 15) is 4.79 Å². The Morgan fingerprint density at radius 1 is 1.42 bits per heavy atom. The molecule has 6 heteroatoms. The molecule has 0 saturated carbocycles. The van der Waals surface area contributed by atoms with Gasteiger partial charge in [0.2, 0.25) is 0 Å². The first kappa shape index (κ1) is 14.4. The first-order valence-electron chi connectivity index (χ1n) is 6.05. The van der Waals surface area contributed by atoms with Crippen molar-refractivity contribution in [3.8, 4) is 0 Å². The van der Waals surface area contributed by atoms with Gasteiger partial charge in [-0.05, 0) is 35.8 Å². The van der Waals surface area contributed by atoms with Crippen molar-refractivity contribution in [3.05, 3.63) is 48.7 Å². The zero-order valence-corrected chi connectivity index (χ0v) is 13.3. The van der Waals surface area contributed by atoms with E-state index < -0.39 is 0 Å². The van der Waals surface area contributed by atoms with Gasteiger partial charge in [-0.15, -0.1) is 11.3 Å². The molecule has 4 nitrogen and oxygen atoms in total. The van der Waals surface area contributed by atoms with Crippen LogP contribution in [-0.4, -0.2) is 16.1 Å². The lowest BCUT2D eigenvalue weighted by molar-refractivity contribution is 0.566. The fraction of sp³-hybridized carbons (Fsp3) is 0.385. The highest BCUT2D eigenvalue weighted by Crippen LogP contribution is 2.19. The molecule has 0 aliphatic rings. The summed E-state index contributed by atoms with van der Waals surface area (Å²) >= 11 is 5.15. The van der Waals surface area contributed by atoms with Gasteiger partial charge in [-0.25, -0.2) is 4.98 Å². The van der Waals surface area contributed by atoms with Crippen molar-refractivity contribution in [3.63, 3.8) is 0 Å². The lowest BCUT2D eigenvalue weighted by Gasteiger charge is -2.10. The summed E-state index contributed by atoms with van der Waals surface area (Å²) < 4.78 is 2.81. The quantitative estimate of drug-likeness (QED) is 0.850. The van der Waals surface area contributed by atoms with Gasteiger partial charge in [0, 0.05) is 46.1 Å². The third kappa shape index (κ3) is 3.99. The van der Waals surface area contributed by atoms with Gasteiger partial charge in [-0.2, -0.15) is 0 Å². The van der Waals surface area contributed by atoms with Crippen LogP contribution in [-0.2, 0) is 13.1 Å². The molecule has 0 atom stereocenters. The van der Waals surface area contributed by atoms with Crippen LogP contribution in [0.5, 0.6) is 0 Å². The molecule has 2 rings (SSSR count). The molecule has 0 aliphatic heterocycles. The average Bonchev–Trinajstić information content (AvgIpc) is 2.73. The molecule has 1 N–H and O–H groups in total. The summed E-state index contributed by atoms with van der Waals surface area (Å²) in [6, 6.07) is 3.67. The number of nitrogens with zero attached hydrogens (tertiary/aromatic N) is 2. The second kappa shape index (κ2) is 6.45. The number of aryl methyl sites for hydroxylation is 2. The van der Waals surface area contributed by atoms with E-state index in [2.05, 4.69) is 37.7 Å². The summed E-state index contributed by atoms with van der Waals surface area (Å²) in [5, 5.41) is 5.40. The van der Waals surface area contributed by atoms with Crippen LogP contribution in [0.15, 0.2) is 26.8 Å². The van der Waals surface area contributed by atoms with Gasteiger partial charge in [0.15, 0.2) is 0 Å². The van der Waals surface area contributed by atoms with Crippen LogP contribution < -0.4 is 10.9 Å². The normalized spacial score (nSPS) is 10.9. The third-order valence-corrected chi connectivity index (χ3v) is 4.46. The van der Waals surface area contributed by atoms with E-state index in [1.807, 2.05) is 13.8 Å². The van der Waals surface area contributed by atoms with Crippen molar-refractivity contribution in [2.45, 2.75) is 26.9 Å². The van der Waals surface area contributed by atoms with Crippen molar-refractivity contribution in [1.82, 2.24) is 14.9 Å². The van der Waals surface area contributed by atoms with Gasteiger partial charge in [-0.3, -0.25) is 9.36 Å². The summed E-state index contributed by atoms with van der Waals surface area (Å²) in [6.45, 7) is 5.92. The molecular formula is C13H16BrN3OS. The largest absolute Gasteiger partial charge is 0.310 e. The number of nitrogens with one attached hydrogen (secondary N) is 1. The van der Waals surface area contributed by atoms with E-state index in [1.165, 1.54) is 4.88 Å². The standard InChI is InChI=1S/C13H16BrN3OS/c1-9-5-13(18)17(10(2)16-9)4-3-15-7-12-6-11(14)8-19-12/h5-6,8,15H,3-4,7H2,1-2H3. The maximum atomic E-state index is 11.8. The Balaban J connectivity index is 1.88. The fourth-order valence-electron chi connectivity index (χ4n) is 1.88. The van der Waals surface area contributed by atoms with Gasteiger partial charge >= 0.3 is 0 Å². The maximum absolute atomic E-state index is 11.8. The number of hydrogen-bond donors (Lipinski definition) is 1. The van der Waals surface area contributed by atoms with E-state index in [4.69, 9.17) is 0 Å². The number of thiophene rings is 1. The van der Waals surface area contributed by atoms with E-state index in [1.54, 1.807) is 22.0 Å². The van der Waals surface area contributed by atoms with E-state index in [-0.39, 0.29) is 5.56 Å². The lowest BCUT2D eigenvalue weighted by Crippen LogP contribution is -2.29. The van der Waals surface area contributed by atoms with Crippen LogP contribution in [0, 0.1) is 13.8 Å². The Morgan fingerprint density at radius 3 is 2.84 bits per heavy atom. The van der Waals surface area contributed by atoms with E-state index >= 15 is 0 Å². The predicted molar refractivity (Wildman–Crippen MR) is 81.7 cm³/mol. The molecule has 0 radical (unpaired) electrons. The van der Waals surface area contributed by atoms with E-state index in [0.717, 1.165) is 29.1 Å². The molecule has 0 amide bonds. The van der Waals surface area contributed by atoms with Crippen LogP contribution in [0.1, 0.15) is 16.4 Å². The molecule has 0 unspecified atom stereocenters. The van der Waals surface area contributed by atoms with Gasteiger partial charge in [0.05, 0.1) is 0 Å². The Kier molecular flexibility index (Phi) is 4.90. The van der Waals surface area contributed by atoms with Crippen molar-refractivity contribution in [1.29, 1.82) is 0 Å². The minimum Gasteiger partial charge on any atom is -0.310 e. The average molecular weight is 342 g/mol. The number of hydrogen-bond acceptors (Lipinski definition) is 4. The Hall–Kier alpha value is -0.980. The molecule has 2 aromatic rings. The number of halogens is 1. The maximum Gasteiger partial charge on any atom is 0.253 e. The Bertz CT molecular complexity index is 621. The monoisotopic (exact) mass is 341 g/mol. The first-order valence-corrected chi connectivity index (χ1v) is 7.72. The topological polar surface area (TPSA) is 46.9 Å². The molecule has 0 bridgehead atoms. The lowest BCUT2D eigenvalue weighted by atomic mass is 10.4. The zero-order valence-electron chi connectivity index (χ0n) is 10.9. The fourth-order valence-corrected chi connectivity index (χ4v) is 3.31. The molecule has 19 heavy (non-hydrogen) atoms. The molecular weight excluding hydrogens is 326 g/mol. The van der Waals surface area contributed by atoms with Crippen molar-refractivity contribution in [2.75, 3.05) is 6.54 Å². The highest BCUT2D eigenvalue weighted by atomic mass is 79.9. The van der Waals surface area contributed by atoms with Crippen LogP contribution >= 0.6 is 27.3 Å². The first-order chi connectivity index (χ1) is 9.06. The summed E-state index contributed by atoms with van der Waals surface area (Å²) in [4.78, 5) is 17.4. The summed E-state index contributed by atoms with van der Waals surface area (Å²) in [7, 11) is 0. The SMILES string of the molecule is Cc1cc(=O)n(CCNCc2cc(Br)cs2)c(C)n1. The second-order valence-electron chi connectivity index (χ2n) is 4.34. The summed E-state index contributed by atoms with van der Waals surface area (Å²) in [6.07, 6.45) is 0. The van der Waals surface area contributed by atoms with Crippen molar-refractivity contribution in [2.24, 2.45) is 0 Å². The minimum absolute atomic E-state index is 0.0191. The predicted octanol–water partition coefficient (Wildman–Crippen LogP) is 2.47. The summed E-state index contributed by atoms with van der Waals surface area (Å²) in [5.41, 5.74) is 0.792. The minimum atomic E-state index is 0.0191. The van der Waals surface area contributed by atoms with Crippen LogP contribution in [0.3, 0.4) is 0 Å².